The number of halogens is 1. The molecule has 0 saturated heterocycles. The molecule has 0 N–H and O–H groups in total. The van der Waals surface area contributed by atoms with Crippen molar-refractivity contribution in [2.24, 2.45) is 0 Å². The molecule has 1 aromatic carbocycles. The first-order valence-corrected chi connectivity index (χ1v) is 5.69. The molecule has 4 heteroatoms. The molecule has 16 heavy (non-hydrogen) atoms. The molecule has 2 rings (SSSR count). The number of hydrogen-bond acceptors (Lipinski definition) is 3. The van der Waals surface area contributed by atoms with Crippen molar-refractivity contribution >= 4 is 15.9 Å². The van der Waals surface area contributed by atoms with Crippen LogP contribution in [0, 0.1) is 13.8 Å². The first-order valence-electron chi connectivity index (χ1n) is 4.90. The van der Waals surface area contributed by atoms with Gasteiger partial charge in [-0.25, -0.2) is 0 Å². The predicted molar refractivity (Wildman–Crippen MR) is 65.7 cm³/mol. The smallest absolute Gasteiger partial charge is 0.326 e. The Morgan fingerprint density at radius 2 is 2.06 bits per heavy atom. The van der Waals surface area contributed by atoms with Gasteiger partial charge in [0.15, 0.2) is 0 Å². The highest BCUT2D eigenvalue weighted by Crippen LogP contribution is 2.36. The quantitative estimate of drug-likeness (QED) is 0.841. The van der Waals surface area contributed by atoms with E-state index in [0.717, 1.165) is 21.3 Å². The number of benzene rings is 1. The summed E-state index contributed by atoms with van der Waals surface area (Å²) >= 11 is 3.43. The van der Waals surface area contributed by atoms with Gasteiger partial charge in [0, 0.05) is 5.56 Å². The minimum atomic E-state index is 0.399. The molecule has 0 saturated carbocycles. The summed E-state index contributed by atoms with van der Waals surface area (Å²) in [6.07, 6.45) is 0. The van der Waals surface area contributed by atoms with Gasteiger partial charge in [0.2, 0.25) is 0 Å². The summed E-state index contributed by atoms with van der Waals surface area (Å²) in [5.74, 6) is 0.399. The maximum atomic E-state index is 5.07. The van der Waals surface area contributed by atoms with E-state index in [4.69, 9.17) is 9.26 Å². The fourth-order valence-corrected chi connectivity index (χ4v) is 2.07. The molecule has 0 amide bonds. The second-order valence-electron chi connectivity index (χ2n) is 3.66. The summed E-state index contributed by atoms with van der Waals surface area (Å²) < 4.78 is 10.9. The van der Waals surface area contributed by atoms with Gasteiger partial charge in [-0.3, -0.25) is 0 Å². The molecular weight excluding hydrogens is 270 g/mol. The van der Waals surface area contributed by atoms with E-state index in [2.05, 4.69) is 39.3 Å². The molecule has 0 bridgehead atoms. The highest BCUT2D eigenvalue weighted by Gasteiger charge is 2.17. The van der Waals surface area contributed by atoms with Crippen LogP contribution in [0.2, 0.25) is 0 Å². The number of aromatic nitrogens is 1. The minimum absolute atomic E-state index is 0.399. The molecule has 0 unspecified atom stereocenters. The van der Waals surface area contributed by atoms with Gasteiger partial charge in [0.25, 0.3) is 0 Å². The van der Waals surface area contributed by atoms with E-state index in [1.54, 1.807) is 7.11 Å². The Labute approximate surface area is 103 Å². The van der Waals surface area contributed by atoms with E-state index in [0.29, 0.717) is 5.95 Å². The average Bonchev–Trinajstić information content (AvgIpc) is 2.63. The average molecular weight is 282 g/mol. The summed E-state index contributed by atoms with van der Waals surface area (Å²) in [7, 11) is 1.55. The van der Waals surface area contributed by atoms with Crippen molar-refractivity contribution in [1.29, 1.82) is 0 Å². The highest BCUT2D eigenvalue weighted by molar-refractivity contribution is 9.10. The molecule has 0 fully saturated rings. The van der Waals surface area contributed by atoms with E-state index in [1.165, 1.54) is 5.56 Å². The fraction of sp³-hybridized carbons (Fsp3) is 0.250. The Balaban J connectivity index is 2.58. The normalized spacial score (nSPS) is 10.5. The monoisotopic (exact) mass is 281 g/mol. The van der Waals surface area contributed by atoms with E-state index in [9.17, 15) is 0 Å². The van der Waals surface area contributed by atoms with Crippen LogP contribution >= 0.6 is 15.9 Å². The van der Waals surface area contributed by atoms with Gasteiger partial charge in [-0.05, 0) is 41.4 Å². The van der Waals surface area contributed by atoms with Crippen LogP contribution < -0.4 is 4.74 Å². The second kappa shape index (κ2) is 4.29. The van der Waals surface area contributed by atoms with Crippen LogP contribution in [0.25, 0.3) is 11.3 Å². The Morgan fingerprint density at radius 3 is 2.69 bits per heavy atom. The standard InChI is InChI=1S/C12H12BrNO2/c1-7-4-5-8(2)9(6-7)11-10(13)12(15-3)16-14-11/h4-6H,1-3H3. The van der Waals surface area contributed by atoms with E-state index in [1.807, 2.05) is 13.8 Å². The van der Waals surface area contributed by atoms with Crippen LogP contribution in [0.4, 0.5) is 0 Å². The molecule has 84 valence electrons. The number of methoxy groups -OCH3 is 1. The highest BCUT2D eigenvalue weighted by atomic mass is 79.9. The number of hydrogen-bond donors (Lipinski definition) is 0. The van der Waals surface area contributed by atoms with Crippen molar-refractivity contribution < 1.29 is 9.26 Å². The number of ether oxygens (including phenoxy) is 1. The third-order valence-corrected chi connectivity index (χ3v) is 3.14. The zero-order valence-electron chi connectivity index (χ0n) is 9.37. The van der Waals surface area contributed by atoms with E-state index < -0.39 is 0 Å². The lowest BCUT2D eigenvalue weighted by Crippen LogP contribution is -1.86. The summed E-state index contributed by atoms with van der Waals surface area (Å²) in [6.45, 7) is 4.09. The van der Waals surface area contributed by atoms with Crippen molar-refractivity contribution in [2.45, 2.75) is 13.8 Å². The molecule has 0 spiro atoms. The SMILES string of the molecule is COc1onc(-c2cc(C)ccc2C)c1Br. The lowest BCUT2D eigenvalue weighted by molar-refractivity contribution is 0.259. The van der Waals surface area contributed by atoms with Crippen LogP contribution in [0.3, 0.4) is 0 Å². The summed E-state index contributed by atoms with van der Waals surface area (Å²) in [5.41, 5.74) is 4.17. The zero-order valence-corrected chi connectivity index (χ0v) is 11.0. The van der Waals surface area contributed by atoms with Crippen molar-refractivity contribution in [3.8, 4) is 17.2 Å². The van der Waals surface area contributed by atoms with Crippen LogP contribution in [0.15, 0.2) is 27.2 Å². The van der Waals surface area contributed by atoms with Crippen molar-refractivity contribution in [2.75, 3.05) is 7.11 Å². The molecule has 2 aromatic rings. The largest absolute Gasteiger partial charge is 0.466 e. The summed E-state index contributed by atoms with van der Waals surface area (Å²) in [4.78, 5) is 0. The first kappa shape index (κ1) is 11.2. The van der Waals surface area contributed by atoms with E-state index in [-0.39, 0.29) is 0 Å². The van der Waals surface area contributed by atoms with Gasteiger partial charge >= 0.3 is 5.95 Å². The van der Waals surface area contributed by atoms with Gasteiger partial charge in [-0.2, -0.15) is 0 Å². The molecule has 0 atom stereocenters. The summed E-state index contributed by atoms with van der Waals surface area (Å²) in [5, 5.41) is 4.01. The topological polar surface area (TPSA) is 35.3 Å². The van der Waals surface area contributed by atoms with Crippen molar-refractivity contribution in [3.63, 3.8) is 0 Å². The molecule has 0 aliphatic carbocycles. The predicted octanol–water partition coefficient (Wildman–Crippen LogP) is 3.73. The Kier molecular flexibility index (Phi) is 3.01. The first-order chi connectivity index (χ1) is 7.63. The molecule has 3 nitrogen and oxygen atoms in total. The van der Waals surface area contributed by atoms with Crippen LogP contribution in [-0.4, -0.2) is 12.3 Å². The van der Waals surface area contributed by atoms with Crippen LogP contribution in [-0.2, 0) is 0 Å². The van der Waals surface area contributed by atoms with Gasteiger partial charge in [-0.1, -0.05) is 22.9 Å². The molecular formula is C12H12BrNO2. The molecule has 0 aliphatic heterocycles. The number of aryl methyl sites for hydroxylation is 2. The second-order valence-corrected chi connectivity index (χ2v) is 4.45. The molecule has 0 radical (unpaired) electrons. The van der Waals surface area contributed by atoms with Gasteiger partial charge in [-0.15, -0.1) is 0 Å². The van der Waals surface area contributed by atoms with Crippen LogP contribution in [0.5, 0.6) is 5.95 Å². The maximum Gasteiger partial charge on any atom is 0.326 e. The minimum Gasteiger partial charge on any atom is -0.466 e. The van der Waals surface area contributed by atoms with Crippen molar-refractivity contribution in [3.05, 3.63) is 33.8 Å². The Morgan fingerprint density at radius 1 is 1.31 bits per heavy atom. The Bertz CT molecular complexity index is 520. The third-order valence-electron chi connectivity index (χ3n) is 2.44. The molecule has 0 aliphatic rings. The van der Waals surface area contributed by atoms with E-state index >= 15 is 0 Å². The fourth-order valence-electron chi connectivity index (χ4n) is 1.55. The lowest BCUT2D eigenvalue weighted by atomic mass is 10.0. The van der Waals surface area contributed by atoms with Gasteiger partial charge in [0.1, 0.15) is 10.2 Å². The van der Waals surface area contributed by atoms with Crippen LogP contribution in [0.1, 0.15) is 11.1 Å². The lowest BCUT2D eigenvalue weighted by Gasteiger charge is -2.03. The third kappa shape index (κ3) is 1.85. The zero-order chi connectivity index (χ0) is 11.7. The number of rotatable bonds is 2. The molecule has 1 aromatic heterocycles. The Hall–Kier alpha value is -1.29. The summed E-state index contributed by atoms with van der Waals surface area (Å²) in [6, 6.07) is 6.22. The van der Waals surface area contributed by atoms with Gasteiger partial charge in [0.05, 0.1) is 7.11 Å². The van der Waals surface area contributed by atoms with Crippen molar-refractivity contribution in [1.82, 2.24) is 5.16 Å². The van der Waals surface area contributed by atoms with Gasteiger partial charge < -0.3 is 9.26 Å². The number of nitrogens with zero attached hydrogens (tertiary/aromatic N) is 1. The maximum absolute atomic E-state index is 5.07. The molecule has 1 heterocycles.